The Labute approximate surface area is 112 Å². The van der Waals surface area contributed by atoms with E-state index in [0.717, 1.165) is 34.3 Å². The van der Waals surface area contributed by atoms with Crippen molar-refractivity contribution in [3.05, 3.63) is 35.9 Å². The zero-order chi connectivity index (χ0) is 13.4. The van der Waals surface area contributed by atoms with Gasteiger partial charge in [-0.15, -0.1) is 0 Å². The van der Waals surface area contributed by atoms with Gasteiger partial charge in [0.25, 0.3) is 0 Å². The maximum absolute atomic E-state index is 5.37. The Morgan fingerprint density at radius 2 is 1.58 bits per heavy atom. The molecule has 0 bridgehead atoms. The highest BCUT2D eigenvalue weighted by atomic mass is 16.5. The monoisotopic (exact) mass is 255 g/mol. The Kier molecular flexibility index (Phi) is 2.82. The van der Waals surface area contributed by atoms with Gasteiger partial charge in [-0.05, 0) is 24.1 Å². The number of nitrogens with one attached hydrogen (secondary N) is 1. The molecule has 0 saturated carbocycles. The molecule has 3 aromatic rings. The lowest BCUT2D eigenvalue weighted by molar-refractivity contribution is 0.356. The average molecular weight is 255 g/mol. The van der Waals surface area contributed by atoms with E-state index in [0.29, 0.717) is 0 Å². The fraction of sp³-hybridized carbons (Fsp3) is 0.250. The molecule has 0 fully saturated rings. The van der Waals surface area contributed by atoms with Crippen molar-refractivity contribution in [3.63, 3.8) is 0 Å². The molecule has 0 spiro atoms. The van der Waals surface area contributed by atoms with E-state index in [-0.39, 0.29) is 0 Å². The van der Waals surface area contributed by atoms with Crippen LogP contribution >= 0.6 is 0 Å². The van der Waals surface area contributed by atoms with E-state index in [2.05, 4.69) is 30.1 Å². The summed E-state index contributed by atoms with van der Waals surface area (Å²) in [6, 6.07) is 10.6. The molecule has 3 heteroatoms. The minimum Gasteiger partial charge on any atom is -0.493 e. The number of fused-ring (bicyclic) bond motifs is 3. The van der Waals surface area contributed by atoms with Crippen molar-refractivity contribution in [2.24, 2.45) is 0 Å². The number of methoxy groups -OCH3 is 2. The fourth-order valence-electron chi connectivity index (χ4n) is 2.50. The van der Waals surface area contributed by atoms with E-state index in [4.69, 9.17) is 9.47 Å². The standard InChI is InChI=1S/C16H17NO2/c1-4-10-5-6-11-12-8-15(18-2)16(19-3)9-14(12)17-13(11)7-10/h5-9,17H,4H2,1-3H3. The molecule has 0 aliphatic rings. The van der Waals surface area contributed by atoms with Crippen LogP contribution in [0, 0.1) is 0 Å². The largest absolute Gasteiger partial charge is 0.493 e. The quantitative estimate of drug-likeness (QED) is 0.770. The van der Waals surface area contributed by atoms with Crippen molar-refractivity contribution in [1.82, 2.24) is 4.98 Å². The molecule has 0 amide bonds. The Bertz CT molecular complexity index is 743. The zero-order valence-electron chi connectivity index (χ0n) is 11.4. The van der Waals surface area contributed by atoms with Gasteiger partial charge in [0.15, 0.2) is 11.5 Å². The number of H-pyrrole nitrogens is 1. The van der Waals surface area contributed by atoms with Crippen molar-refractivity contribution in [3.8, 4) is 11.5 Å². The van der Waals surface area contributed by atoms with Crippen LogP contribution in [0.25, 0.3) is 21.8 Å². The van der Waals surface area contributed by atoms with Gasteiger partial charge in [-0.1, -0.05) is 19.1 Å². The van der Waals surface area contributed by atoms with Crippen molar-refractivity contribution >= 4 is 21.8 Å². The average Bonchev–Trinajstić information content (AvgIpc) is 2.81. The second-order valence-corrected chi connectivity index (χ2v) is 4.61. The van der Waals surface area contributed by atoms with E-state index in [1.54, 1.807) is 14.2 Å². The summed E-state index contributed by atoms with van der Waals surface area (Å²) in [5.74, 6) is 1.51. The Balaban J connectivity index is 2.33. The maximum Gasteiger partial charge on any atom is 0.162 e. The lowest BCUT2D eigenvalue weighted by Gasteiger charge is -2.07. The first-order chi connectivity index (χ1) is 9.26. The molecule has 0 aliphatic carbocycles. The Morgan fingerprint density at radius 1 is 0.895 bits per heavy atom. The van der Waals surface area contributed by atoms with Crippen LogP contribution in [0.5, 0.6) is 11.5 Å². The van der Waals surface area contributed by atoms with Crippen LogP contribution < -0.4 is 9.47 Å². The van der Waals surface area contributed by atoms with Gasteiger partial charge in [0.05, 0.1) is 19.7 Å². The highest BCUT2D eigenvalue weighted by Gasteiger charge is 2.10. The molecule has 19 heavy (non-hydrogen) atoms. The summed E-state index contributed by atoms with van der Waals surface area (Å²) in [6.45, 7) is 2.16. The zero-order valence-corrected chi connectivity index (χ0v) is 11.4. The first kappa shape index (κ1) is 11.9. The molecule has 3 rings (SSSR count). The van der Waals surface area contributed by atoms with Gasteiger partial charge in [-0.3, -0.25) is 0 Å². The van der Waals surface area contributed by atoms with Gasteiger partial charge >= 0.3 is 0 Å². The second-order valence-electron chi connectivity index (χ2n) is 4.61. The number of benzene rings is 2. The molecule has 0 atom stereocenters. The van der Waals surface area contributed by atoms with Crippen LogP contribution in [0.3, 0.4) is 0 Å². The number of aryl methyl sites for hydroxylation is 1. The third-order valence-corrected chi connectivity index (χ3v) is 3.58. The van der Waals surface area contributed by atoms with Crippen molar-refractivity contribution in [2.75, 3.05) is 14.2 Å². The number of aromatic amines is 1. The normalized spacial score (nSPS) is 11.1. The molecule has 98 valence electrons. The smallest absolute Gasteiger partial charge is 0.162 e. The molecule has 3 nitrogen and oxygen atoms in total. The van der Waals surface area contributed by atoms with E-state index in [9.17, 15) is 0 Å². The Morgan fingerprint density at radius 3 is 2.26 bits per heavy atom. The lowest BCUT2D eigenvalue weighted by atomic mass is 10.1. The first-order valence-electron chi connectivity index (χ1n) is 6.43. The van der Waals surface area contributed by atoms with Gasteiger partial charge in [-0.2, -0.15) is 0 Å². The van der Waals surface area contributed by atoms with Crippen LogP contribution in [0.15, 0.2) is 30.3 Å². The van der Waals surface area contributed by atoms with E-state index in [1.165, 1.54) is 10.9 Å². The lowest BCUT2D eigenvalue weighted by Crippen LogP contribution is -1.89. The summed E-state index contributed by atoms with van der Waals surface area (Å²) in [7, 11) is 3.31. The maximum atomic E-state index is 5.37. The van der Waals surface area contributed by atoms with Crippen LogP contribution in [0.2, 0.25) is 0 Å². The molecule has 1 heterocycles. The first-order valence-corrected chi connectivity index (χ1v) is 6.43. The van der Waals surface area contributed by atoms with Crippen LogP contribution in [-0.4, -0.2) is 19.2 Å². The van der Waals surface area contributed by atoms with Crippen molar-refractivity contribution in [1.29, 1.82) is 0 Å². The molecular weight excluding hydrogens is 238 g/mol. The third-order valence-electron chi connectivity index (χ3n) is 3.58. The van der Waals surface area contributed by atoms with Crippen LogP contribution in [0.1, 0.15) is 12.5 Å². The number of hydrogen-bond acceptors (Lipinski definition) is 2. The predicted octanol–water partition coefficient (Wildman–Crippen LogP) is 3.90. The topological polar surface area (TPSA) is 34.2 Å². The highest BCUT2D eigenvalue weighted by Crippen LogP contribution is 2.35. The van der Waals surface area contributed by atoms with E-state index in [1.807, 2.05) is 12.1 Å². The molecule has 1 aromatic heterocycles. The summed E-state index contributed by atoms with van der Waals surface area (Å²) in [5, 5.41) is 2.38. The minimum atomic E-state index is 0.747. The minimum absolute atomic E-state index is 0.747. The van der Waals surface area contributed by atoms with E-state index < -0.39 is 0 Å². The second kappa shape index (κ2) is 4.50. The molecule has 1 N–H and O–H groups in total. The van der Waals surface area contributed by atoms with Gasteiger partial charge in [0, 0.05) is 22.4 Å². The Hall–Kier alpha value is -2.16. The van der Waals surface area contributed by atoms with Gasteiger partial charge in [0.2, 0.25) is 0 Å². The summed E-state index contributed by atoms with van der Waals surface area (Å²) in [5.41, 5.74) is 3.56. The molecule has 0 aliphatic heterocycles. The summed E-state index contributed by atoms with van der Waals surface area (Å²) in [4.78, 5) is 3.44. The molecular formula is C16H17NO2. The molecule has 0 saturated heterocycles. The van der Waals surface area contributed by atoms with Gasteiger partial charge in [0.1, 0.15) is 0 Å². The van der Waals surface area contributed by atoms with Crippen LogP contribution in [0.4, 0.5) is 0 Å². The molecule has 2 aromatic carbocycles. The molecule has 0 unspecified atom stereocenters. The SMILES string of the molecule is CCc1ccc2c(c1)[nH]c1cc(OC)c(OC)cc12. The third kappa shape index (κ3) is 1.82. The van der Waals surface area contributed by atoms with Crippen molar-refractivity contribution < 1.29 is 9.47 Å². The fourth-order valence-corrected chi connectivity index (χ4v) is 2.50. The number of ether oxygens (including phenoxy) is 2. The van der Waals surface area contributed by atoms with Crippen molar-refractivity contribution in [2.45, 2.75) is 13.3 Å². The van der Waals surface area contributed by atoms with Gasteiger partial charge < -0.3 is 14.5 Å². The van der Waals surface area contributed by atoms with E-state index >= 15 is 0 Å². The van der Waals surface area contributed by atoms with Crippen LogP contribution in [-0.2, 0) is 6.42 Å². The number of aromatic nitrogens is 1. The number of hydrogen-bond donors (Lipinski definition) is 1. The highest BCUT2D eigenvalue weighted by molar-refractivity contribution is 6.08. The summed E-state index contributed by atoms with van der Waals surface area (Å²) < 4.78 is 10.7. The predicted molar refractivity (Wildman–Crippen MR) is 78.3 cm³/mol. The van der Waals surface area contributed by atoms with Gasteiger partial charge in [-0.25, -0.2) is 0 Å². The molecule has 0 radical (unpaired) electrons. The summed E-state index contributed by atoms with van der Waals surface area (Å²) >= 11 is 0. The number of rotatable bonds is 3. The summed E-state index contributed by atoms with van der Waals surface area (Å²) in [6.07, 6.45) is 1.04.